The van der Waals surface area contributed by atoms with Crippen molar-refractivity contribution in [2.24, 2.45) is 0 Å². The third-order valence-corrected chi connectivity index (χ3v) is 6.65. The van der Waals surface area contributed by atoms with E-state index >= 15 is 0 Å². The van der Waals surface area contributed by atoms with Gasteiger partial charge in [-0.3, -0.25) is 9.59 Å². The van der Waals surface area contributed by atoms with Crippen molar-refractivity contribution in [3.8, 4) is 0 Å². The van der Waals surface area contributed by atoms with E-state index in [1.54, 1.807) is 17.4 Å². The Kier molecular flexibility index (Phi) is 6.29. The highest BCUT2D eigenvalue weighted by atomic mass is 32.1. The number of carbonyl (C=O) groups is 2. The topological polar surface area (TPSA) is 58.2 Å². The van der Waals surface area contributed by atoms with Crippen molar-refractivity contribution >= 4 is 28.2 Å². The van der Waals surface area contributed by atoms with Crippen molar-refractivity contribution in [2.75, 3.05) is 11.9 Å². The van der Waals surface area contributed by atoms with E-state index < -0.39 is 0 Å². The van der Waals surface area contributed by atoms with Gasteiger partial charge in [0.25, 0.3) is 11.8 Å². The molecule has 30 heavy (non-hydrogen) atoms. The second kappa shape index (κ2) is 9.26. The molecule has 1 heterocycles. The van der Waals surface area contributed by atoms with Gasteiger partial charge in [-0.1, -0.05) is 48.0 Å². The summed E-state index contributed by atoms with van der Waals surface area (Å²) in [5, 5.41) is 6.75. The van der Waals surface area contributed by atoms with Gasteiger partial charge in [-0.25, -0.2) is 0 Å². The zero-order valence-electron chi connectivity index (χ0n) is 17.2. The van der Waals surface area contributed by atoms with E-state index in [0.717, 1.165) is 43.2 Å². The van der Waals surface area contributed by atoms with Gasteiger partial charge < -0.3 is 10.6 Å². The third kappa shape index (κ3) is 4.62. The zero-order valence-corrected chi connectivity index (χ0v) is 18.0. The molecule has 1 aliphatic carbocycles. The number of fused-ring (bicyclic) bond motifs is 1. The predicted molar refractivity (Wildman–Crippen MR) is 123 cm³/mol. The summed E-state index contributed by atoms with van der Waals surface area (Å²) in [4.78, 5) is 27.2. The van der Waals surface area contributed by atoms with E-state index in [1.807, 2.05) is 43.3 Å². The summed E-state index contributed by atoms with van der Waals surface area (Å²) in [7, 11) is 0. The summed E-state index contributed by atoms with van der Waals surface area (Å²) in [6, 6.07) is 17.6. The first-order chi connectivity index (χ1) is 14.6. The molecule has 0 atom stereocenters. The molecule has 2 N–H and O–H groups in total. The van der Waals surface area contributed by atoms with Crippen molar-refractivity contribution in [1.29, 1.82) is 0 Å². The summed E-state index contributed by atoms with van der Waals surface area (Å²) in [5.74, 6) is -0.263. The summed E-state index contributed by atoms with van der Waals surface area (Å²) >= 11 is 1.55. The lowest BCUT2D eigenvalue weighted by Crippen LogP contribution is -2.27. The second-order valence-corrected chi connectivity index (χ2v) is 8.84. The number of anilines is 1. The molecule has 0 aliphatic heterocycles. The highest BCUT2D eigenvalue weighted by Crippen LogP contribution is 2.38. The Balaban J connectivity index is 1.53. The van der Waals surface area contributed by atoms with Gasteiger partial charge in [0.2, 0.25) is 0 Å². The van der Waals surface area contributed by atoms with E-state index in [-0.39, 0.29) is 11.8 Å². The fourth-order valence-corrected chi connectivity index (χ4v) is 5.19. The van der Waals surface area contributed by atoms with Crippen LogP contribution in [0.2, 0.25) is 0 Å². The SMILES string of the molecule is Cc1cccc(C(=O)Nc2sc3c(c2C(=O)NCCc2ccccc2)CCCC3)c1. The fourth-order valence-electron chi connectivity index (χ4n) is 3.91. The Labute approximate surface area is 181 Å². The van der Waals surface area contributed by atoms with Gasteiger partial charge in [0, 0.05) is 17.0 Å². The van der Waals surface area contributed by atoms with Crippen molar-refractivity contribution in [1.82, 2.24) is 5.32 Å². The molecule has 2 amide bonds. The predicted octanol–water partition coefficient (Wildman–Crippen LogP) is 5.16. The van der Waals surface area contributed by atoms with Gasteiger partial charge in [-0.05, 0) is 62.3 Å². The summed E-state index contributed by atoms with van der Waals surface area (Å²) < 4.78 is 0. The number of benzene rings is 2. The van der Waals surface area contributed by atoms with Crippen LogP contribution in [0.3, 0.4) is 0 Å². The molecule has 3 aromatic rings. The lowest BCUT2D eigenvalue weighted by atomic mass is 9.95. The molecule has 2 aromatic carbocycles. The molecule has 1 aliphatic rings. The van der Waals surface area contributed by atoms with Crippen LogP contribution in [-0.4, -0.2) is 18.4 Å². The molecule has 0 bridgehead atoms. The van der Waals surface area contributed by atoms with Crippen LogP contribution >= 0.6 is 11.3 Å². The van der Waals surface area contributed by atoms with Crippen molar-refractivity contribution in [3.05, 3.63) is 87.3 Å². The number of nitrogens with one attached hydrogen (secondary N) is 2. The van der Waals surface area contributed by atoms with E-state index in [0.29, 0.717) is 22.7 Å². The minimum absolute atomic E-state index is 0.0927. The molecule has 154 valence electrons. The molecule has 0 spiro atoms. The number of hydrogen-bond donors (Lipinski definition) is 2. The van der Waals surface area contributed by atoms with E-state index in [1.165, 1.54) is 10.4 Å². The molecule has 0 fully saturated rings. The Bertz CT molecular complexity index is 1060. The molecule has 0 radical (unpaired) electrons. The van der Waals surface area contributed by atoms with Crippen LogP contribution < -0.4 is 10.6 Å². The number of rotatable bonds is 6. The molecule has 0 unspecified atom stereocenters. The zero-order chi connectivity index (χ0) is 20.9. The van der Waals surface area contributed by atoms with Gasteiger partial charge in [-0.15, -0.1) is 11.3 Å². The average molecular weight is 419 g/mol. The van der Waals surface area contributed by atoms with Gasteiger partial charge in [-0.2, -0.15) is 0 Å². The normalized spacial score (nSPS) is 12.8. The van der Waals surface area contributed by atoms with E-state index in [9.17, 15) is 9.59 Å². The number of thiophene rings is 1. The van der Waals surface area contributed by atoms with Crippen molar-refractivity contribution in [3.63, 3.8) is 0 Å². The number of carbonyl (C=O) groups excluding carboxylic acids is 2. The van der Waals surface area contributed by atoms with Crippen LogP contribution in [0.5, 0.6) is 0 Å². The summed E-state index contributed by atoms with van der Waals surface area (Å²) in [6.45, 7) is 2.53. The van der Waals surface area contributed by atoms with Gasteiger partial charge in [0.15, 0.2) is 0 Å². The molecular weight excluding hydrogens is 392 g/mol. The van der Waals surface area contributed by atoms with Gasteiger partial charge in [0.05, 0.1) is 5.56 Å². The van der Waals surface area contributed by atoms with E-state index in [4.69, 9.17) is 0 Å². The van der Waals surface area contributed by atoms with Crippen molar-refractivity contribution < 1.29 is 9.59 Å². The maximum atomic E-state index is 13.1. The van der Waals surface area contributed by atoms with Crippen LogP contribution in [0, 0.1) is 6.92 Å². The van der Waals surface area contributed by atoms with Gasteiger partial charge >= 0.3 is 0 Å². The van der Waals surface area contributed by atoms with Crippen LogP contribution in [0.25, 0.3) is 0 Å². The molecule has 4 rings (SSSR count). The van der Waals surface area contributed by atoms with Crippen LogP contribution in [0.1, 0.15) is 55.1 Å². The van der Waals surface area contributed by atoms with Crippen LogP contribution in [-0.2, 0) is 19.3 Å². The quantitative estimate of drug-likeness (QED) is 0.581. The molecule has 0 saturated heterocycles. The molecular formula is C25H26N2O2S. The van der Waals surface area contributed by atoms with Gasteiger partial charge in [0.1, 0.15) is 5.00 Å². The Morgan fingerprint density at radius 3 is 2.57 bits per heavy atom. The average Bonchev–Trinajstić information content (AvgIpc) is 3.12. The molecule has 0 saturated carbocycles. The molecule has 4 nitrogen and oxygen atoms in total. The largest absolute Gasteiger partial charge is 0.352 e. The Morgan fingerprint density at radius 2 is 1.77 bits per heavy atom. The maximum absolute atomic E-state index is 13.1. The first-order valence-corrected chi connectivity index (χ1v) is 11.3. The van der Waals surface area contributed by atoms with E-state index in [2.05, 4.69) is 22.8 Å². The highest BCUT2D eigenvalue weighted by molar-refractivity contribution is 7.17. The van der Waals surface area contributed by atoms with Crippen LogP contribution in [0.15, 0.2) is 54.6 Å². The second-order valence-electron chi connectivity index (χ2n) is 7.73. The Morgan fingerprint density at radius 1 is 0.967 bits per heavy atom. The number of aryl methyl sites for hydroxylation is 2. The standard InChI is InChI=1S/C25H26N2O2S/c1-17-8-7-11-19(16-17)23(28)27-25-22(20-12-5-6-13-21(20)30-25)24(29)26-15-14-18-9-3-2-4-10-18/h2-4,7-11,16H,5-6,12-15H2,1H3,(H,26,29)(H,27,28). The van der Waals surface area contributed by atoms with Crippen molar-refractivity contribution in [2.45, 2.75) is 39.0 Å². The monoisotopic (exact) mass is 418 g/mol. The molecule has 5 heteroatoms. The minimum Gasteiger partial charge on any atom is -0.352 e. The number of hydrogen-bond acceptors (Lipinski definition) is 3. The van der Waals surface area contributed by atoms with Crippen LogP contribution in [0.4, 0.5) is 5.00 Å². The minimum atomic E-state index is -0.171. The lowest BCUT2D eigenvalue weighted by Gasteiger charge is -2.13. The summed E-state index contributed by atoms with van der Waals surface area (Å²) in [6.07, 6.45) is 4.87. The maximum Gasteiger partial charge on any atom is 0.256 e. The fraction of sp³-hybridized carbons (Fsp3) is 0.280. The smallest absolute Gasteiger partial charge is 0.256 e. The first kappa shape index (κ1) is 20.4. The molecule has 1 aromatic heterocycles. The third-order valence-electron chi connectivity index (χ3n) is 5.45. The Hall–Kier alpha value is -2.92. The first-order valence-electron chi connectivity index (χ1n) is 10.5. The number of amides is 2. The lowest BCUT2D eigenvalue weighted by molar-refractivity contribution is 0.0954. The summed E-state index contributed by atoms with van der Waals surface area (Å²) in [5.41, 5.74) is 4.61. The highest BCUT2D eigenvalue weighted by Gasteiger charge is 2.26.